The quantitative estimate of drug-likeness (QED) is 0.666. The summed E-state index contributed by atoms with van der Waals surface area (Å²) in [5.74, 6) is -0.512. The fourth-order valence-corrected chi connectivity index (χ4v) is 4.67. The average Bonchev–Trinajstić information content (AvgIpc) is 2.99. The number of rotatable bonds is 4. The summed E-state index contributed by atoms with van der Waals surface area (Å²) in [5, 5.41) is 9.79. The van der Waals surface area contributed by atoms with Crippen molar-refractivity contribution >= 4 is 17.7 Å². The molecular formula is C23H33F3N4O3. The second-order valence-corrected chi connectivity index (χ2v) is 11.7. The van der Waals surface area contributed by atoms with E-state index in [1.807, 2.05) is 20.8 Å². The molecule has 1 aromatic rings. The summed E-state index contributed by atoms with van der Waals surface area (Å²) in [6.07, 6.45) is -4.60. The minimum atomic E-state index is -4.60. The number of fused-ring (bicyclic) bond motifs is 1. The summed E-state index contributed by atoms with van der Waals surface area (Å²) in [4.78, 5) is 28.4. The van der Waals surface area contributed by atoms with E-state index < -0.39 is 40.9 Å². The van der Waals surface area contributed by atoms with E-state index in [1.165, 1.54) is 0 Å². The Morgan fingerprint density at radius 2 is 1.73 bits per heavy atom. The number of amides is 1. The van der Waals surface area contributed by atoms with Gasteiger partial charge in [-0.1, -0.05) is 34.6 Å². The van der Waals surface area contributed by atoms with Crippen LogP contribution in [-0.2, 0) is 20.5 Å². The normalized spacial score (nSPS) is 25.3. The Bertz CT molecular complexity index is 917. The molecule has 33 heavy (non-hydrogen) atoms. The van der Waals surface area contributed by atoms with Crippen LogP contribution in [0.25, 0.3) is 0 Å². The number of halogens is 3. The van der Waals surface area contributed by atoms with E-state index in [9.17, 15) is 22.8 Å². The summed E-state index contributed by atoms with van der Waals surface area (Å²) >= 11 is 0. The Labute approximate surface area is 192 Å². The SMILES string of the molecule is CC(C)(C)OC(=O)[C@@H]1[C@@H]2[C@H](CN1C(=O)[C@@H](Nc1ccc(C(F)(F)F)nn1)C(C)(C)C)C2(C)C. The van der Waals surface area contributed by atoms with Crippen LogP contribution in [0.2, 0.25) is 0 Å². The third-order valence-corrected chi connectivity index (χ3v) is 6.50. The smallest absolute Gasteiger partial charge is 0.435 e. The topological polar surface area (TPSA) is 84.4 Å². The molecule has 4 atom stereocenters. The summed E-state index contributed by atoms with van der Waals surface area (Å²) in [7, 11) is 0. The van der Waals surface area contributed by atoms with Crippen molar-refractivity contribution in [3.8, 4) is 0 Å². The van der Waals surface area contributed by atoms with Crippen molar-refractivity contribution in [2.45, 2.75) is 79.3 Å². The van der Waals surface area contributed by atoms with Gasteiger partial charge >= 0.3 is 12.1 Å². The molecule has 1 N–H and O–H groups in total. The van der Waals surface area contributed by atoms with Crippen molar-refractivity contribution in [3.63, 3.8) is 0 Å². The molecule has 0 unspecified atom stereocenters. The summed E-state index contributed by atoms with van der Waals surface area (Å²) in [5.41, 5.74) is -2.50. The fraction of sp³-hybridized carbons (Fsp3) is 0.739. The van der Waals surface area contributed by atoms with E-state index in [2.05, 4.69) is 29.4 Å². The molecule has 0 radical (unpaired) electrons. The van der Waals surface area contributed by atoms with Gasteiger partial charge in [0.1, 0.15) is 23.5 Å². The van der Waals surface area contributed by atoms with Crippen molar-refractivity contribution in [3.05, 3.63) is 17.8 Å². The molecule has 1 aromatic heterocycles. The number of hydrogen-bond acceptors (Lipinski definition) is 6. The first kappa shape index (κ1) is 25.2. The first-order chi connectivity index (χ1) is 14.8. The number of aromatic nitrogens is 2. The number of carbonyl (C=O) groups excluding carboxylic acids is 2. The second kappa shape index (κ2) is 7.84. The molecular weight excluding hydrogens is 437 g/mol. The van der Waals surface area contributed by atoms with Gasteiger partial charge in [-0.2, -0.15) is 13.2 Å². The van der Waals surface area contributed by atoms with Gasteiger partial charge < -0.3 is 15.0 Å². The lowest BCUT2D eigenvalue weighted by atomic mass is 9.85. The maximum atomic E-state index is 13.7. The van der Waals surface area contributed by atoms with Crippen molar-refractivity contribution in [2.75, 3.05) is 11.9 Å². The van der Waals surface area contributed by atoms with Gasteiger partial charge in [-0.05, 0) is 49.7 Å². The van der Waals surface area contributed by atoms with E-state index in [4.69, 9.17) is 4.74 Å². The van der Waals surface area contributed by atoms with Crippen LogP contribution in [0.3, 0.4) is 0 Å². The van der Waals surface area contributed by atoms with E-state index in [0.717, 1.165) is 12.1 Å². The monoisotopic (exact) mass is 470 g/mol. The summed E-state index contributed by atoms with van der Waals surface area (Å²) in [6, 6.07) is 0.421. The van der Waals surface area contributed by atoms with E-state index in [1.54, 1.807) is 25.7 Å². The molecule has 7 nitrogen and oxygen atoms in total. The largest absolute Gasteiger partial charge is 0.458 e. The van der Waals surface area contributed by atoms with Crippen molar-refractivity contribution in [1.29, 1.82) is 0 Å². The number of alkyl halides is 3. The lowest BCUT2D eigenvalue weighted by Gasteiger charge is -2.38. The molecule has 0 bridgehead atoms. The Balaban J connectivity index is 1.86. The highest BCUT2D eigenvalue weighted by molar-refractivity contribution is 5.91. The number of carbonyl (C=O) groups is 2. The summed E-state index contributed by atoms with van der Waals surface area (Å²) < 4.78 is 44.1. The molecule has 0 spiro atoms. The van der Waals surface area contributed by atoms with Crippen LogP contribution in [0.15, 0.2) is 12.1 Å². The minimum absolute atomic E-state index is 0.00257. The Morgan fingerprint density at radius 1 is 1.12 bits per heavy atom. The molecule has 1 saturated carbocycles. The van der Waals surface area contributed by atoms with Gasteiger partial charge in [0.05, 0.1) is 0 Å². The van der Waals surface area contributed by atoms with Crippen LogP contribution in [0.5, 0.6) is 0 Å². The zero-order valence-corrected chi connectivity index (χ0v) is 20.4. The van der Waals surface area contributed by atoms with E-state index in [-0.39, 0.29) is 29.0 Å². The van der Waals surface area contributed by atoms with Gasteiger partial charge in [-0.3, -0.25) is 4.79 Å². The van der Waals surface area contributed by atoms with Crippen LogP contribution < -0.4 is 5.32 Å². The number of nitrogens with zero attached hydrogens (tertiary/aromatic N) is 3. The van der Waals surface area contributed by atoms with Crippen LogP contribution in [0, 0.1) is 22.7 Å². The summed E-state index contributed by atoms with van der Waals surface area (Å²) in [6.45, 7) is 15.4. The lowest BCUT2D eigenvalue weighted by Crippen LogP contribution is -2.55. The predicted octanol–water partition coefficient (Wildman–Crippen LogP) is 4.15. The third-order valence-electron chi connectivity index (χ3n) is 6.50. The molecule has 1 saturated heterocycles. The van der Waals surface area contributed by atoms with Crippen LogP contribution in [-0.4, -0.2) is 51.2 Å². The second-order valence-electron chi connectivity index (χ2n) is 11.7. The minimum Gasteiger partial charge on any atom is -0.458 e. The molecule has 1 aliphatic heterocycles. The number of likely N-dealkylation sites (tertiary alicyclic amines) is 1. The van der Waals surface area contributed by atoms with Crippen LogP contribution >= 0.6 is 0 Å². The highest BCUT2D eigenvalue weighted by atomic mass is 19.4. The number of anilines is 1. The third kappa shape index (κ3) is 5.09. The first-order valence-electron chi connectivity index (χ1n) is 11.0. The van der Waals surface area contributed by atoms with Gasteiger partial charge in [0, 0.05) is 12.5 Å². The van der Waals surface area contributed by atoms with E-state index in [0.29, 0.717) is 6.54 Å². The first-order valence-corrected chi connectivity index (χ1v) is 11.0. The molecule has 2 aliphatic rings. The molecule has 3 rings (SSSR count). The van der Waals surface area contributed by atoms with Crippen LogP contribution in [0.1, 0.15) is 61.1 Å². The Hall–Kier alpha value is -2.39. The average molecular weight is 471 g/mol. The number of esters is 1. The maximum Gasteiger partial charge on any atom is 0.435 e. The highest BCUT2D eigenvalue weighted by Crippen LogP contribution is 2.65. The van der Waals surface area contributed by atoms with E-state index >= 15 is 0 Å². The zero-order valence-electron chi connectivity index (χ0n) is 20.4. The Kier molecular flexibility index (Phi) is 5.99. The van der Waals surface area contributed by atoms with Crippen molar-refractivity contribution < 1.29 is 27.5 Å². The van der Waals surface area contributed by atoms with Gasteiger partial charge in [0.15, 0.2) is 5.69 Å². The maximum absolute atomic E-state index is 13.7. The molecule has 1 aliphatic carbocycles. The van der Waals surface area contributed by atoms with Crippen LogP contribution in [0.4, 0.5) is 19.0 Å². The molecule has 2 fully saturated rings. The lowest BCUT2D eigenvalue weighted by molar-refractivity contribution is -0.165. The van der Waals surface area contributed by atoms with Gasteiger partial charge in [-0.15, -0.1) is 10.2 Å². The van der Waals surface area contributed by atoms with Crippen molar-refractivity contribution in [1.82, 2.24) is 15.1 Å². The fourth-order valence-electron chi connectivity index (χ4n) is 4.67. The predicted molar refractivity (Wildman–Crippen MR) is 116 cm³/mol. The molecule has 1 amide bonds. The molecule has 10 heteroatoms. The number of ether oxygens (including phenoxy) is 1. The number of piperidine rings is 1. The van der Waals surface area contributed by atoms with Gasteiger partial charge in [-0.25, -0.2) is 4.79 Å². The number of nitrogens with one attached hydrogen (secondary N) is 1. The number of hydrogen-bond donors (Lipinski definition) is 1. The highest BCUT2D eigenvalue weighted by Gasteiger charge is 2.70. The molecule has 0 aromatic carbocycles. The standard InChI is InChI=1S/C23H33F3N4O3/c1-20(2,3)17(27-14-10-9-13(28-29-14)23(24,25)26)18(31)30-11-12-15(22(12,7)8)16(30)19(32)33-21(4,5)6/h9-10,12,15-17H,11H2,1-8H3,(H,27,29)/t12-,15-,16-,17+/m0/s1. The molecule has 184 valence electrons. The van der Waals surface area contributed by atoms with Gasteiger partial charge in [0.25, 0.3) is 0 Å². The van der Waals surface area contributed by atoms with Gasteiger partial charge in [0.2, 0.25) is 5.91 Å². The molecule has 2 heterocycles. The Morgan fingerprint density at radius 3 is 2.18 bits per heavy atom. The zero-order chi connectivity index (χ0) is 25.1. The van der Waals surface area contributed by atoms with Crippen molar-refractivity contribution in [2.24, 2.45) is 22.7 Å².